The lowest BCUT2D eigenvalue weighted by molar-refractivity contribution is -0.131. The average Bonchev–Trinajstić information content (AvgIpc) is 3.15. The number of fused-ring (bicyclic) bond motifs is 1. The fourth-order valence-corrected chi connectivity index (χ4v) is 6.71. The van der Waals surface area contributed by atoms with E-state index in [1.54, 1.807) is 18.0 Å². The van der Waals surface area contributed by atoms with Gasteiger partial charge in [0.25, 0.3) is 11.8 Å². The van der Waals surface area contributed by atoms with E-state index >= 15 is 0 Å². The SMILES string of the molecule is CN1C(=O)[C@@](CCC2CCCCC2)(CC[C@@H]2CCC[C@@H](NC(=O)c3ccc4ccccc4n3)C2)N=C1N. The van der Waals surface area contributed by atoms with Crippen LogP contribution in [0.25, 0.3) is 10.9 Å². The van der Waals surface area contributed by atoms with Gasteiger partial charge in [-0.15, -0.1) is 0 Å². The van der Waals surface area contributed by atoms with Crippen molar-refractivity contribution in [3.05, 3.63) is 42.1 Å². The predicted molar refractivity (Wildman–Crippen MR) is 147 cm³/mol. The van der Waals surface area contributed by atoms with Crippen molar-refractivity contribution in [2.45, 2.75) is 95.1 Å². The topological polar surface area (TPSA) is 101 Å². The van der Waals surface area contributed by atoms with Crippen molar-refractivity contribution in [3.63, 3.8) is 0 Å². The van der Waals surface area contributed by atoms with E-state index in [1.807, 2.05) is 30.3 Å². The predicted octanol–water partition coefficient (Wildman–Crippen LogP) is 5.19. The molecule has 2 fully saturated rings. The first-order chi connectivity index (χ1) is 17.9. The van der Waals surface area contributed by atoms with Crippen LogP contribution >= 0.6 is 0 Å². The van der Waals surface area contributed by atoms with E-state index < -0.39 is 5.54 Å². The normalized spacial score (nSPS) is 26.9. The highest BCUT2D eigenvalue weighted by Gasteiger charge is 2.46. The van der Waals surface area contributed by atoms with Crippen molar-refractivity contribution in [3.8, 4) is 0 Å². The second-order valence-electron chi connectivity index (χ2n) is 11.5. The smallest absolute Gasteiger partial charge is 0.270 e. The van der Waals surface area contributed by atoms with E-state index in [9.17, 15) is 9.59 Å². The number of carbonyl (C=O) groups excluding carboxylic acids is 2. The van der Waals surface area contributed by atoms with Gasteiger partial charge in [0.1, 0.15) is 11.2 Å². The first kappa shape index (κ1) is 25.7. The number of para-hydroxylation sites is 1. The van der Waals surface area contributed by atoms with Crippen molar-refractivity contribution in [2.75, 3.05) is 7.05 Å². The summed E-state index contributed by atoms with van der Waals surface area (Å²) in [6.45, 7) is 0. The highest BCUT2D eigenvalue weighted by molar-refractivity contribution is 6.06. The molecule has 1 aromatic heterocycles. The van der Waals surface area contributed by atoms with Crippen LogP contribution in [0.5, 0.6) is 0 Å². The van der Waals surface area contributed by atoms with Crippen molar-refractivity contribution in [1.82, 2.24) is 15.2 Å². The standard InChI is InChI=1S/C30H41N5O2/c1-35-28(37)30(34-29(35)31,18-16-21-8-3-2-4-9-21)19-17-22-10-7-12-24(20-22)32-27(36)26-15-14-23-11-5-6-13-25(23)33-26/h5-6,11,13-15,21-22,24H,2-4,7-10,12,16-20H2,1H3,(H2,31,34)(H,32,36)/t22-,24+,30+/m0/s1. The number of aliphatic imine (C=N–C) groups is 1. The molecule has 1 aromatic carbocycles. The molecular formula is C30H41N5O2. The lowest BCUT2D eigenvalue weighted by Gasteiger charge is -2.33. The molecule has 0 saturated heterocycles. The van der Waals surface area contributed by atoms with Crippen LogP contribution in [0.4, 0.5) is 0 Å². The number of benzene rings is 1. The summed E-state index contributed by atoms with van der Waals surface area (Å²) < 4.78 is 0. The summed E-state index contributed by atoms with van der Waals surface area (Å²) in [6, 6.07) is 11.7. The molecule has 2 saturated carbocycles. The van der Waals surface area contributed by atoms with Crippen LogP contribution in [0, 0.1) is 11.8 Å². The Hall–Kier alpha value is -2.96. The van der Waals surface area contributed by atoms with Gasteiger partial charge in [-0.25, -0.2) is 9.98 Å². The molecule has 0 spiro atoms. The zero-order chi connectivity index (χ0) is 25.8. The molecule has 0 radical (unpaired) electrons. The lowest BCUT2D eigenvalue weighted by Crippen LogP contribution is -2.43. The Balaban J connectivity index is 1.19. The van der Waals surface area contributed by atoms with Crippen LogP contribution < -0.4 is 11.1 Å². The minimum atomic E-state index is -0.707. The molecule has 198 valence electrons. The minimum Gasteiger partial charge on any atom is -0.369 e. The number of likely N-dealkylation sites (N-methyl/N-ethyl adjacent to an activating group) is 1. The second-order valence-corrected chi connectivity index (χ2v) is 11.5. The van der Waals surface area contributed by atoms with Gasteiger partial charge >= 0.3 is 0 Å². The lowest BCUT2D eigenvalue weighted by atomic mass is 9.76. The Morgan fingerprint density at radius 1 is 1.00 bits per heavy atom. The number of amides is 2. The fourth-order valence-electron chi connectivity index (χ4n) is 6.71. The van der Waals surface area contributed by atoms with Gasteiger partial charge in [0.05, 0.1) is 5.52 Å². The Bertz CT molecular complexity index is 1160. The monoisotopic (exact) mass is 503 g/mol. The molecule has 3 N–H and O–H groups in total. The molecule has 37 heavy (non-hydrogen) atoms. The van der Waals surface area contributed by atoms with Crippen LogP contribution in [0.1, 0.15) is 94.0 Å². The van der Waals surface area contributed by atoms with Crippen LogP contribution in [-0.4, -0.2) is 46.3 Å². The van der Waals surface area contributed by atoms with Crippen molar-refractivity contribution in [1.29, 1.82) is 0 Å². The van der Waals surface area contributed by atoms with Gasteiger partial charge in [0.2, 0.25) is 0 Å². The van der Waals surface area contributed by atoms with Gasteiger partial charge in [-0.05, 0) is 62.5 Å². The van der Waals surface area contributed by atoms with Crippen molar-refractivity contribution >= 4 is 28.7 Å². The van der Waals surface area contributed by atoms with Crippen molar-refractivity contribution < 1.29 is 9.59 Å². The van der Waals surface area contributed by atoms with Crippen LogP contribution in [-0.2, 0) is 4.79 Å². The summed E-state index contributed by atoms with van der Waals surface area (Å²) in [5.74, 6) is 1.48. The minimum absolute atomic E-state index is 0.0591. The van der Waals surface area contributed by atoms with E-state index in [4.69, 9.17) is 10.7 Å². The van der Waals surface area contributed by atoms with Crippen LogP contribution in [0.3, 0.4) is 0 Å². The number of nitrogens with two attached hydrogens (primary N) is 1. The summed E-state index contributed by atoms with van der Waals surface area (Å²) in [5, 5.41) is 4.27. The van der Waals surface area contributed by atoms with Crippen molar-refractivity contribution in [2.24, 2.45) is 22.6 Å². The number of nitrogens with zero attached hydrogens (tertiary/aromatic N) is 3. The van der Waals surface area contributed by atoms with Crippen LogP contribution in [0.2, 0.25) is 0 Å². The molecule has 5 rings (SSSR count). The maximum Gasteiger partial charge on any atom is 0.270 e. The van der Waals surface area contributed by atoms with Gasteiger partial charge in [0, 0.05) is 18.5 Å². The highest BCUT2D eigenvalue weighted by atomic mass is 16.2. The van der Waals surface area contributed by atoms with Gasteiger partial charge in [-0.3, -0.25) is 14.5 Å². The summed E-state index contributed by atoms with van der Waals surface area (Å²) >= 11 is 0. The average molecular weight is 504 g/mol. The molecule has 2 aliphatic carbocycles. The molecule has 0 bridgehead atoms. The number of hydrogen-bond donors (Lipinski definition) is 2. The molecule has 2 heterocycles. The van der Waals surface area contributed by atoms with Gasteiger partial charge in [-0.1, -0.05) is 69.2 Å². The van der Waals surface area contributed by atoms with E-state index in [0.29, 0.717) is 23.5 Å². The summed E-state index contributed by atoms with van der Waals surface area (Å²) in [4.78, 5) is 37.2. The summed E-state index contributed by atoms with van der Waals surface area (Å²) in [6.07, 6.45) is 14.1. The zero-order valence-electron chi connectivity index (χ0n) is 22.1. The van der Waals surface area contributed by atoms with E-state index in [1.165, 1.54) is 32.1 Å². The van der Waals surface area contributed by atoms with E-state index in [-0.39, 0.29) is 17.9 Å². The number of carbonyl (C=O) groups is 2. The highest BCUT2D eigenvalue weighted by Crippen LogP contribution is 2.38. The Labute approximate surface area is 220 Å². The van der Waals surface area contributed by atoms with Gasteiger partial charge in [0.15, 0.2) is 5.96 Å². The molecule has 2 aromatic rings. The third kappa shape index (κ3) is 5.81. The molecule has 7 nitrogen and oxygen atoms in total. The molecule has 3 atom stereocenters. The van der Waals surface area contributed by atoms with Gasteiger partial charge in [-0.2, -0.15) is 0 Å². The maximum absolute atomic E-state index is 13.3. The second kappa shape index (κ2) is 11.2. The number of aromatic nitrogens is 1. The van der Waals surface area contributed by atoms with E-state index in [2.05, 4.69) is 10.3 Å². The Kier molecular flexibility index (Phi) is 7.77. The molecule has 3 aliphatic rings. The maximum atomic E-state index is 13.3. The Morgan fingerprint density at radius 2 is 1.73 bits per heavy atom. The number of rotatable bonds is 8. The summed E-state index contributed by atoms with van der Waals surface area (Å²) in [5.41, 5.74) is 6.72. The number of nitrogens with one attached hydrogen (secondary N) is 1. The third-order valence-corrected chi connectivity index (χ3v) is 8.98. The number of hydrogen-bond acceptors (Lipinski definition) is 5. The largest absolute Gasteiger partial charge is 0.369 e. The first-order valence-electron chi connectivity index (χ1n) is 14.2. The van der Waals surface area contributed by atoms with E-state index in [0.717, 1.165) is 62.3 Å². The quantitative estimate of drug-likeness (QED) is 0.518. The molecule has 1 aliphatic heterocycles. The zero-order valence-corrected chi connectivity index (χ0v) is 22.1. The fraction of sp³-hybridized carbons (Fsp3) is 0.600. The number of guanidine groups is 1. The first-order valence-corrected chi connectivity index (χ1v) is 14.2. The van der Waals surface area contributed by atoms with Crippen LogP contribution in [0.15, 0.2) is 41.4 Å². The number of pyridine rings is 1. The molecular weight excluding hydrogens is 462 g/mol. The molecule has 7 heteroatoms. The summed E-state index contributed by atoms with van der Waals surface area (Å²) in [7, 11) is 1.75. The third-order valence-electron chi connectivity index (χ3n) is 8.98. The molecule has 0 unspecified atom stereocenters. The Morgan fingerprint density at radius 3 is 2.49 bits per heavy atom. The molecule has 2 amide bonds. The van der Waals surface area contributed by atoms with Gasteiger partial charge < -0.3 is 11.1 Å².